The maximum absolute atomic E-state index is 11.6. The van der Waals surface area contributed by atoms with Crippen LogP contribution < -0.4 is 16.4 Å². The Labute approximate surface area is 204 Å². The van der Waals surface area contributed by atoms with E-state index in [-0.39, 0.29) is 6.03 Å². The molecule has 1 aromatic heterocycles. The minimum atomic E-state index is -0.261. The van der Waals surface area contributed by atoms with Crippen molar-refractivity contribution in [2.45, 2.75) is 16.3 Å². The monoisotopic (exact) mass is 474 g/mol. The summed E-state index contributed by atoms with van der Waals surface area (Å²) >= 11 is 6.21. The molecule has 0 saturated heterocycles. The molecule has 33 heavy (non-hydrogen) atoms. The third kappa shape index (κ3) is 7.89. The fourth-order valence-corrected chi connectivity index (χ4v) is 3.61. The van der Waals surface area contributed by atoms with Gasteiger partial charge in [-0.25, -0.2) is 4.79 Å². The van der Waals surface area contributed by atoms with Crippen molar-refractivity contribution in [2.75, 3.05) is 17.3 Å². The molecule has 0 radical (unpaired) electrons. The van der Waals surface area contributed by atoms with Crippen LogP contribution in [0.15, 0.2) is 107 Å². The minimum absolute atomic E-state index is 0.261. The quantitative estimate of drug-likeness (QED) is 0.154. The Morgan fingerprint density at radius 1 is 0.970 bits per heavy atom. The van der Waals surface area contributed by atoms with Crippen LogP contribution in [0, 0.1) is 0 Å². The highest BCUT2D eigenvalue weighted by Crippen LogP contribution is 2.27. The first-order valence-corrected chi connectivity index (χ1v) is 11.9. The van der Waals surface area contributed by atoms with Crippen LogP contribution in [-0.2, 0) is 6.54 Å². The molecule has 0 saturated carbocycles. The van der Waals surface area contributed by atoms with Gasteiger partial charge in [0.25, 0.3) is 0 Å². The number of pyridine rings is 1. The van der Waals surface area contributed by atoms with Gasteiger partial charge in [0.15, 0.2) is 0 Å². The zero-order valence-electron chi connectivity index (χ0n) is 18.2. The van der Waals surface area contributed by atoms with Crippen molar-refractivity contribution in [3.63, 3.8) is 0 Å². The molecule has 1 heterocycles. The van der Waals surface area contributed by atoms with Crippen LogP contribution in [-0.4, -0.2) is 17.3 Å². The lowest BCUT2D eigenvalue weighted by atomic mass is 10.1. The first-order chi connectivity index (χ1) is 16.0. The van der Waals surface area contributed by atoms with Gasteiger partial charge in [-0.2, -0.15) is 0 Å². The van der Waals surface area contributed by atoms with Crippen molar-refractivity contribution in [2.24, 2.45) is 0 Å². The molecule has 3 aromatic carbocycles. The van der Waals surface area contributed by atoms with Crippen molar-refractivity contribution < 1.29 is 4.79 Å². The van der Waals surface area contributed by atoms with E-state index in [0.717, 1.165) is 10.5 Å². The van der Waals surface area contributed by atoms with Crippen LogP contribution in [0.5, 0.6) is 0 Å². The van der Waals surface area contributed by atoms with E-state index in [1.54, 1.807) is 48.4 Å². The first-order valence-electron chi connectivity index (χ1n) is 10.3. The molecular formula is C26H26N4OS2. The smallest absolute Gasteiger partial charge is 0.319 e. The second-order valence-electron chi connectivity index (χ2n) is 7.04. The number of rotatable bonds is 5. The molecule has 0 aliphatic rings. The number of thioether (sulfide) groups is 1. The Bertz CT molecular complexity index is 1150. The number of urea groups is 1. The van der Waals surface area contributed by atoms with E-state index in [1.165, 1.54) is 16.0 Å². The Kier molecular flexibility index (Phi) is 9.23. The van der Waals surface area contributed by atoms with Gasteiger partial charge in [0, 0.05) is 40.1 Å². The van der Waals surface area contributed by atoms with E-state index in [4.69, 9.17) is 5.73 Å². The highest BCUT2D eigenvalue weighted by atomic mass is 32.2. The molecule has 0 spiro atoms. The van der Waals surface area contributed by atoms with Crippen LogP contribution in [0.25, 0.3) is 11.1 Å². The lowest BCUT2D eigenvalue weighted by Crippen LogP contribution is -2.28. The van der Waals surface area contributed by atoms with Gasteiger partial charge in [0.05, 0.1) is 0 Å². The zero-order valence-corrected chi connectivity index (χ0v) is 19.9. The van der Waals surface area contributed by atoms with E-state index < -0.39 is 0 Å². The molecule has 0 atom stereocenters. The maximum Gasteiger partial charge on any atom is 0.319 e. The standard InChI is InChI=1S/C13H14N4O.C13H12S2/c14-11-3-5-12(6-4-11)17-13(18)16-9-10-2-1-7-15-8-10;1-15-11-8-6-10(7-9-11)12-4-2-3-5-13(12)14/h1-8H,9,14H2,(H2,16,17,18);2-9,14H,1H3. The van der Waals surface area contributed by atoms with Crippen LogP contribution in [0.4, 0.5) is 16.2 Å². The lowest BCUT2D eigenvalue weighted by Gasteiger charge is -2.07. The Hall–Kier alpha value is -3.42. The number of benzene rings is 3. The summed E-state index contributed by atoms with van der Waals surface area (Å²) in [7, 11) is 0. The lowest BCUT2D eigenvalue weighted by molar-refractivity contribution is 0.251. The number of nitrogens with two attached hydrogens (primary N) is 1. The number of aromatic nitrogens is 1. The van der Waals surface area contributed by atoms with E-state index in [9.17, 15) is 4.79 Å². The van der Waals surface area contributed by atoms with E-state index in [0.29, 0.717) is 17.9 Å². The fourth-order valence-electron chi connectivity index (χ4n) is 2.92. The molecule has 0 aliphatic carbocycles. The molecular weight excluding hydrogens is 448 g/mol. The maximum atomic E-state index is 11.6. The largest absolute Gasteiger partial charge is 0.399 e. The van der Waals surface area contributed by atoms with Gasteiger partial charge in [-0.05, 0) is 71.5 Å². The van der Waals surface area contributed by atoms with E-state index in [2.05, 4.69) is 64.8 Å². The van der Waals surface area contributed by atoms with Gasteiger partial charge in [-0.15, -0.1) is 24.4 Å². The summed E-state index contributed by atoms with van der Waals surface area (Å²) in [6.45, 7) is 0.439. The van der Waals surface area contributed by atoms with Gasteiger partial charge in [0.1, 0.15) is 0 Å². The second-order valence-corrected chi connectivity index (χ2v) is 8.40. The van der Waals surface area contributed by atoms with Gasteiger partial charge < -0.3 is 16.4 Å². The Morgan fingerprint density at radius 3 is 2.33 bits per heavy atom. The normalized spacial score (nSPS) is 10.0. The molecule has 0 unspecified atom stereocenters. The fraction of sp³-hybridized carbons (Fsp3) is 0.0769. The summed E-state index contributed by atoms with van der Waals surface area (Å²) in [5.74, 6) is 0. The summed E-state index contributed by atoms with van der Waals surface area (Å²) < 4.78 is 0. The van der Waals surface area contributed by atoms with Gasteiger partial charge in [0.2, 0.25) is 0 Å². The number of nitrogens with zero attached hydrogens (tertiary/aromatic N) is 1. The highest BCUT2D eigenvalue weighted by Gasteiger charge is 2.02. The summed E-state index contributed by atoms with van der Waals surface area (Å²) in [5, 5.41) is 5.45. The average Bonchev–Trinajstić information content (AvgIpc) is 2.86. The van der Waals surface area contributed by atoms with Gasteiger partial charge >= 0.3 is 6.03 Å². The van der Waals surface area contributed by atoms with Crippen molar-refractivity contribution in [1.82, 2.24) is 10.3 Å². The molecule has 5 nitrogen and oxygen atoms in total. The molecule has 4 N–H and O–H groups in total. The van der Waals surface area contributed by atoms with E-state index >= 15 is 0 Å². The molecule has 0 bridgehead atoms. The molecule has 168 valence electrons. The second kappa shape index (κ2) is 12.6. The number of nitrogens with one attached hydrogen (secondary N) is 2. The number of carbonyl (C=O) groups excluding carboxylic acids is 1. The molecule has 4 aromatic rings. The summed E-state index contributed by atoms with van der Waals surface area (Å²) in [6.07, 6.45) is 5.49. The zero-order chi connectivity index (χ0) is 23.5. The van der Waals surface area contributed by atoms with Crippen molar-refractivity contribution in [3.05, 3.63) is 103 Å². The third-order valence-corrected chi connectivity index (χ3v) is 5.78. The van der Waals surface area contributed by atoms with Crippen LogP contribution in [0.3, 0.4) is 0 Å². The van der Waals surface area contributed by atoms with Crippen LogP contribution in [0.1, 0.15) is 5.56 Å². The topological polar surface area (TPSA) is 80.0 Å². The van der Waals surface area contributed by atoms with Crippen molar-refractivity contribution in [3.8, 4) is 11.1 Å². The van der Waals surface area contributed by atoms with Crippen LogP contribution in [0.2, 0.25) is 0 Å². The summed E-state index contributed by atoms with van der Waals surface area (Å²) in [6, 6.07) is 27.1. The van der Waals surface area contributed by atoms with Crippen molar-refractivity contribution in [1.29, 1.82) is 0 Å². The average molecular weight is 475 g/mol. The SMILES string of the molecule is CSc1ccc(-c2ccccc2S)cc1.Nc1ccc(NC(=O)NCc2cccnc2)cc1. The number of carbonyl (C=O) groups is 1. The predicted octanol–water partition coefficient (Wildman–Crippen LogP) is 6.35. The Balaban J connectivity index is 0.000000189. The summed E-state index contributed by atoms with van der Waals surface area (Å²) in [4.78, 5) is 17.9. The number of hydrogen-bond acceptors (Lipinski definition) is 5. The molecule has 7 heteroatoms. The van der Waals surface area contributed by atoms with Gasteiger partial charge in [-0.3, -0.25) is 4.98 Å². The van der Waals surface area contributed by atoms with Crippen molar-refractivity contribution >= 4 is 41.8 Å². The minimum Gasteiger partial charge on any atom is -0.399 e. The molecule has 0 aliphatic heterocycles. The summed E-state index contributed by atoms with van der Waals surface area (Å²) in [5.41, 5.74) is 10.3. The number of hydrogen-bond donors (Lipinski definition) is 4. The third-order valence-electron chi connectivity index (χ3n) is 4.65. The van der Waals surface area contributed by atoms with Crippen LogP contribution >= 0.6 is 24.4 Å². The number of nitrogen functional groups attached to an aromatic ring is 1. The predicted molar refractivity (Wildman–Crippen MR) is 142 cm³/mol. The molecule has 2 amide bonds. The molecule has 4 rings (SSSR count). The van der Waals surface area contributed by atoms with E-state index in [1.807, 2.05) is 30.3 Å². The van der Waals surface area contributed by atoms with Gasteiger partial charge in [-0.1, -0.05) is 36.4 Å². The number of anilines is 2. The highest BCUT2D eigenvalue weighted by molar-refractivity contribution is 7.98. The number of thiol groups is 1. The Morgan fingerprint density at radius 2 is 1.70 bits per heavy atom. The number of amides is 2. The molecule has 0 fully saturated rings. The first kappa shape index (κ1) is 24.2.